The SMILES string of the molecule is CCCC(CN)C(=O)NC1CCCC(C)C1. The molecular formula is C13H26N2O. The molecule has 16 heavy (non-hydrogen) atoms. The fourth-order valence-corrected chi connectivity index (χ4v) is 2.59. The van der Waals surface area contributed by atoms with E-state index in [1.165, 1.54) is 12.8 Å². The lowest BCUT2D eigenvalue weighted by Gasteiger charge is -2.28. The first-order valence-corrected chi connectivity index (χ1v) is 6.67. The van der Waals surface area contributed by atoms with Crippen LogP contribution in [0.3, 0.4) is 0 Å². The van der Waals surface area contributed by atoms with Gasteiger partial charge in [-0.05, 0) is 25.2 Å². The van der Waals surface area contributed by atoms with Gasteiger partial charge in [0.1, 0.15) is 0 Å². The Labute approximate surface area is 99.2 Å². The maximum absolute atomic E-state index is 11.9. The molecule has 0 aliphatic heterocycles. The summed E-state index contributed by atoms with van der Waals surface area (Å²) in [6.07, 6.45) is 6.75. The van der Waals surface area contributed by atoms with Gasteiger partial charge in [0.2, 0.25) is 5.91 Å². The van der Waals surface area contributed by atoms with Gasteiger partial charge in [-0.1, -0.05) is 33.1 Å². The smallest absolute Gasteiger partial charge is 0.224 e. The van der Waals surface area contributed by atoms with E-state index in [2.05, 4.69) is 19.2 Å². The summed E-state index contributed by atoms with van der Waals surface area (Å²) >= 11 is 0. The third kappa shape index (κ3) is 4.12. The fourth-order valence-electron chi connectivity index (χ4n) is 2.59. The number of nitrogens with two attached hydrogens (primary N) is 1. The van der Waals surface area contributed by atoms with Crippen molar-refractivity contribution in [2.75, 3.05) is 6.54 Å². The second kappa shape index (κ2) is 6.89. The summed E-state index contributed by atoms with van der Waals surface area (Å²) in [7, 11) is 0. The lowest BCUT2D eigenvalue weighted by atomic mass is 9.86. The average molecular weight is 226 g/mol. The lowest BCUT2D eigenvalue weighted by molar-refractivity contribution is -0.125. The summed E-state index contributed by atoms with van der Waals surface area (Å²) < 4.78 is 0. The highest BCUT2D eigenvalue weighted by molar-refractivity contribution is 5.79. The zero-order valence-electron chi connectivity index (χ0n) is 10.7. The normalized spacial score (nSPS) is 27.4. The number of amides is 1. The van der Waals surface area contributed by atoms with Crippen molar-refractivity contribution in [3.8, 4) is 0 Å². The van der Waals surface area contributed by atoms with Crippen molar-refractivity contribution in [2.24, 2.45) is 17.6 Å². The third-order valence-electron chi connectivity index (χ3n) is 3.58. The number of hydrogen-bond acceptors (Lipinski definition) is 2. The average Bonchev–Trinajstić information content (AvgIpc) is 2.25. The Kier molecular flexibility index (Phi) is 5.81. The molecule has 3 nitrogen and oxygen atoms in total. The van der Waals surface area contributed by atoms with Crippen molar-refractivity contribution >= 4 is 5.91 Å². The van der Waals surface area contributed by atoms with E-state index in [0.29, 0.717) is 12.6 Å². The molecule has 1 rings (SSSR count). The highest BCUT2D eigenvalue weighted by Gasteiger charge is 2.23. The Bertz CT molecular complexity index is 218. The van der Waals surface area contributed by atoms with Crippen LogP contribution in [0.15, 0.2) is 0 Å². The van der Waals surface area contributed by atoms with Gasteiger partial charge < -0.3 is 11.1 Å². The molecule has 1 aliphatic rings. The molecule has 1 saturated carbocycles. The molecule has 0 heterocycles. The minimum absolute atomic E-state index is 0.0160. The van der Waals surface area contributed by atoms with Crippen LogP contribution < -0.4 is 11.1 Å². The minimum atomic E-state index is 0.0160. The highest BCUT2D eigenvalue weighted by Crippen LogP contribution is 2.23. The predicted octanol–water partition coefficient (Wildman–Crippen LogP) is 2.06. The van der Waals surface area contributed by atoms with Gasteiger partial charge in [0.15, 0.2) is 0 Å². The van der Waals surface area contributed by atoms with Gasteiger partial charge >= 0.3 is 0 Å². The number of carbonyl (C=O) groups is 1. The highest BCUT2D eigenvalue weighted by atomic mass is 16.1. The standard InChI is InChI=1S/C13H26N2O/c1-3-5-11(9-14)13(16)15-12-7-4-6-10(2)8-12/h10-12H,3-9,14H2,1-2H3,(H,15,16). The largest absolute Gasteiger partial charge is 0.353 e. The van der Waals surface area contributed by atoms with Crippen LogP contribution >= 0.6 is 0 Å². The second-order valence-electron chi connectivity index (χ2n) is 5.20. The molecular weight excluding hydrogens is 200 g/mol. The first kappa shape index (κ1) is 13.5. The Hall–Kier alpha value is -0.570. The van der Waals surface area contributed by atoms with Crippen molar-refractivity contribution in [1.82, 2.24) is 5.32 Å². The summed E-state index contributed by atoms with van der Waals surface area (Å²) in [6, 6.07) is 0.391. The molecule has 3 unspecified atom stereocenters. The monoisotopic (exact) mass is 226 g/mol. The molecule has 0 aromatic rings. The first-order chi connectivity index (χ1) is 7.67. The van der Waals surface area contributed by atoms with Crippen LogP contribution in [0.5, 0.6) is 0 Å². The lowest BCUT2D eigenvalue weighted by Crippen LogP contribution is -2.43. The summed E-state index contributed by atoms with van der Waals surface area (Å²) in [6.45, 7) is 4.84. The summed E-state index contributed by atoms with van der Waals surface area (Å²) in [5.74, 6) is 0.937. The topological polar surface area (TPSA) is 55.1 Å². The second-order valence-corrected chi connectivity index (χ2v) is 5.20. The number of carbonyl (C=O) groups excluding carboxylic acids is 1. The van der Waals surface area contributed by atoms with Gasteiger partial charge in [-0.25, -0.2) is 0 Å². The van der Waals surface area contributed by atoms with Crippen molar-refractivity contribution in [2.45, 2.75) is 58.4 Å². The van der Waals surface area contributed by atoms with Gasteiger partial charge in [-0.15, -0.1) is 0 Å². The molecule has 0 spiro atoms. The molecule has 1 fully saturated rings. The van der Waals surface area contributed by atoms with Crippen molar-refractivity contribution in [1.29, 1.82) is 0 Å². The Morgan fingerprint density at radius 3 is 2.81 bits per heavy atom. The van der Waals surface area contributed by atoms with E-state index in [-0.39, 0.29) is 11.8 Å². The van der Waals surface area contributed by atoms with Crippen molar-refractivity contribution < 1.29 is 4.79 Å². The van der Waals surface area contributed by atoms with Crippen LogP contribution in [0.25, 0.3) is 0 Å². The van der Waals surface area contributed by atoms with Crippen LogP contribution in [0, 0.1) is 11.8 Å². The molecule has 94 valence electrons. The zero-order chi connectivity index (χ0) is 12.0. The predicted molar refractivity (Wildman–Crippen MR) is 67.0 cm³/mol. The van der Waals surface area contributed by atoms with Gasteiger partial charge in [-0.2, -0.15) is 0 Å². The number of hydrogen-bond donors (Lipinski definition) is 2. The van der Waals surface area contributed by atoms with Crippen LogP contribution in [0.1, 0.15) is 52.4 Å². The van der Waals surface area contributed by atoms with Crippen LogP contribution in [-0.4, -0.2) is 18.5 Å². The molecule has 1 amide bonds. The van der Waals surface area contributed by atoms with Crippen LogP contribution in [-0.2, 0) is 4.79 Å². The molecule has 0 aromatic heterocycles. The van der Waals surface area contributed by atoms with Gasteiger partial charge in [-0.3, -0.25) is 4.79 Å². The molecule has 3 atom stereocenters. The van der Waals surface area contributed by atoms with E-state index in [9.17, 15) is 4.79 Å². The molecule has 3 N–H and O–H groups in total. The summed E-state index contributed by atoms with van der Waals surface area (Å²) in [5, 5.41) is 3.17. The van der Waals surface area contributed by atoms with Crippen LogP contribution in [0.2, 0.25) is 0 Å². The Balaban J connectivity index is 2.36. The van der Waals surface area contributed by atoms with Crippen molar-refractivity contribution in [3.05, 3.63) is 0 Å². The van der Waals surface area contributed by atoms with E-state index in [4.69, 9.17) is 5.73 Å². The van der Waals surface area contributed by atoms with Gasteiger partial charge in [0.05, 0.1) is 5.92 Å². The third-order valence-corrected chi connectivity index (χ3v) is 3.58. The van der Waals surface area contributed by atoms with E-state index in [1.54, 1.807) is 0 Å². The molecule has 0 aromatic carbocycles. The molecule has 0 radical (unpaired) electrons. The molecule has 3 heteroatoms. The van der Waals surface area contributed by atoms with Gasteiger partial charge in [0.25, 0.3) is 0 Å². The fraction of sp³-hybridized carbons (Fsp3) is 0.923. The minimum Gasteiger partial charge on any atom is -0.353 e. The molecule has 1 aliphatic carbocycles. The maximum atomic E-state index is 11.9. The van der Waals surface area contributed by atoms with E-state index in [0.717, 1.165) is 31.6 Å². The van der Waals surface area contributed by atoms with E-state index in [1.807, 2.05) is 0 Å². The number of rotatable bonds is 5. The summed E-state index contributed by atoms with van der Waals surface area (Å²) in [4.78, 5) is 11.9. The van der Waals surface area contributed by atoms with E-state index >= 15 is 0 Å². The first-order valence-electron chi connectivity index (χ1n) is 6.67. The van der Waals surface area contributed by atoms with E-state index < -0.39 is 0 Å². The number of nitrogens with one attached hydrogen (secondary N) is 1. The molecule has 0 bridgehead atoms. The van der Waals surface area contributed by atoms with Gasteiger partial charge in [0, 0.05) is 12.6 Å². The zero-order valence-corrected chi connectivity index (χ0v) is 10.7. The van der Waals surface area contributed by atoms with Crippen molar-refractivity contribution in [3.63, 3.8) is 0 Å². The van der Waals surface area contributed by atoms with Crippen LogP contribution in [0.4, 0.5) is 0 Å². The maximum Gasteiger partial charge on any atom is 0.224 e. The molecule has 0 saturated heterocycles. The summed E-state index contributed by atoms with van der Waals surface area (Å²) in [5.41, 5.74) is 5.63. The Morgan fingerprint density at radius 2 is 2.25 bits per heavy atom. The Morgan fingerprint density at radius 1 is 1.50 bits per heavy atom. The quantitative estimate of drug-likeness (QED) is 0.754.